The number of fused-ring (bicyclic) bond motifs is 1. The Morgan fingerprint density at radius 2 is 1.96 bits per heavy atom. The number of nitrogens with one attached hydrogen (secondary N) is 1. The third-order valence-corrected chi connectivity index (χ3v) is 4.71. The molecule has 124 valence electrons. The van der Waals surface area contributed by atoms with Crippen molar-refractivity contribution in [1.82, 2.24) is 9.55 Å². The summed E-state index contributed by atoms with van der Waals surface area (Å²) in [5, 5.41) is 9.24. The number of nitrogens with zero attached hydrogens (tertiary/aromatic N) is 1. The predicted molar refractivity (Wildman–Crippen MR) is 84.4 cm³/mol. The number of thiophene rings is 1. The van der Waals surface area contributed by atoms with Crippen molar-refractivity contribution in [2.45, 2.75) is 33.2 Å². The van der Waals surface area contributed by atoms with Gasteiger partial charge in [0.15, 0.2) is 0 Å². The van der Waals surface area contributed by atoms with Crippen LogP contribution < -0.4 is 11.2 Å². The van der Waals surface area contributed by atoms with Crippen LogP contribution in [0.3, 0.4) is 0 Å². The lowest BCUT2D eigenvalue weighted by atomic mass is 10.1. The van der Waals surface area contributed by atoms with Crippen LogP contribution >= 0.6 is 11.3 Å². The molecule has 2 rings (SSSR count). The lowest BCUT2D eigenvalue weighted by molar-refractivity contribution is -0.152. The molecule has 0 bridgehead atoms. The van der Waals surface area contributed by atoms with E-state index in [0.717, 1.165) is 15.9 Å². The Hall–Kier alpha value is -2.42. The molecule has 0 aromatic carbocycles. The van der Waals surface area contributed by atoms with E-state index in [1.165, 1.54) is 20.8 Å². The summed E-state index contributed by atoms with van der Waals surface area (Å²) in [4.78, 5) is 50.9. The van der Waals surface area contributed by atoms with Gasteiger partial charge in [-0.05, 0) is 33.3 Å². The second kappa shape index (κ2) is 5.65. The molecule has 2 N–H and O–H groups in total. The summed E-state index contributed by atoms with van der Waals surface area (Å²) in [5.41, 5.74) is -2.78. The van der Waals surface area contributed by atoms with E-state index in [-0.39, 0.29) is 27.3 Å². The van der Waals surface area contributed by atoms with E-state index in [0.29, 0.717) is 0 Å². The number of rotatable bonds is 4. The smallest absolute Gasteiger partial charge is 0.346 e. The quantitative estimate of drug-likeness (QED) is 0.803. The molecule has 0 spiro atoms. The number of aromatic nitrogens is 2. The second-order valence-electron chi connectivity index (χ2n) is 5.42. The van der Waals surface area contributed by atoms with Crippen molar-refractivity contribution in [3.63, 3.8) is 0 Å². The van der Waals surface area contributed by atoms with Gasteiger partial charge in [-0.25, -0.2) is 19.0 Å². The van der Waals surface area contributed by atoms with Crippen LogP contribution in [-0.4, -0.2) is 33.2 Å². The normalized spacial score (nSPS) is 11.7. The molecular formula is C14H16N2O6S. The van der Waals surface area contributed by atoms with Gasteiger partial charge >= 0.3 is 17.6 Å². The van der Waals surface area contributed by atoms with E-state index in [4.69, 9.17) is 9.84 Å². The number of H-pyrrole nitrogens is 1. The maximum Gasteiger partial charge on any atom is 0.346 e. The fourth-order valence-electron chi connectivity index (χ4n) is 2.33. The fourth-order valence-corrected chi connectivity index (χ4v) is 3.35. The molecule has 0 saturated carbocycles. The van der Waals surface area contributed by atoms with Gasteiger partial charge in [0.2, 0.25) is 0 Å². The molecule has 8 nitrogen and oxygen atoms in total. The molecule has 0 aliphatic rings. The summed E-state index contributed by atoms with van der Waals surface area (Å²) in [5.74, 6) is -1.90. The summed E-state index contributed by atoms with van der Waals surface area (Å²) in [6, 6.07) is 0. The number of carboxylic acids is 1. The standard InChI is InChI=1S/C14H16N2O6S/c1-5-22-12(20)14(3,4)16-10(17)7-6(2)8(11(18)19)23-9(7)15-13(16)21/h5H2,1-4H3,(H,15,21)(H,18,19). The highest BCUT2D eigenvalue weighted by molar-refractivity contribution is 7.20. The number of ether oxygens (including phenoxy) is 1. The van der Waals surface area contributed by atoms with Gasteiger partial charge in [0.1, 0.15) is 15.2 Å². The maximum atomic E-state index is 12.7. The lowest BCUT2D eigenvalue weighted by Gasteiger charge is -2.23. The largest absolute Gasteiger partial charge is 0.477 e. The van der Waals surface area contributed by atoms with Crippen molar-refractivity contribution < 1.29 is 19.4 Å². The second-order valence-corrected chi connectivity index (χ2v) is 6.44. The Balaban J connectivity index is 2.84. The van der Waals surface area contributed by atoms with Crippen LogP contribution in [0.5, 0.6) is 0 Å². The average Bonchev–Trinajstić information content (AvgIpc) is 2.75. The average molecular weight is 340 g/mol. The lowest BCUT2D eigenvalue weighted by Crippen LogP contribution is -2.51. The first kappa shape index (κ1) is 16.9. The number of aromatic amines is 1. The summed E-state index contributed by atoms with van der Waals surface area (Å²) >= 11 is 0.814. The van der Waals surface area contributed by atoms with Gasteiger partial charge < -0.3 is 9.84 Å². The zero-order valence-corrected chi connectivity index (χ0v) is 13.9. The van der Waals surface area contributed by atoms with Gasteiger partial charge in [0, 0.05) is 0 Å². The molecule has 0 atom stereocenters. The Bertz CT molecular complexity index is 918. The minimum Gasteiger partial charge on any atom is -0.477 e. The number of hydrogen-bond donors (Lipinski definition) is 2. The highest BCUT2D eigenvalue weighted by Crippen LogP contribution is 2.26. The SMILES string of the molecule is CCOC(=O)C(C)(C)n1c(=O)[nH]c2sc(C(=O)O)c(C)c2c1=O. The number of aromatic carboxylic acids is 1. The highest BCUT2D eigenvalue weighted by atomic mass is 32.1. The van der Waals surface area contributed by atoms with E-state index in [1.54, 1.807) is 6.92 Å². The van der Waals surface area contributed by atoms with Crippen LogP contribution in [0, 0.1) is 6.92 Å². The molecule has 2 heterocycles. The Kier molecular flexibility index (Phi) is 4.16. The number of carboxylic acid groups (broad SMARTS) is 1. The fraction of sp³-hybridized carbons (Fsp3) is 0.429. The van der Waals surface area contributed by atoms with Crippen LogP contribution in [0.4, 0.5) is 0 Å². The van der Waals surface area contributed by atoms with Crippen LogP contribution in [-0.2, 0) is 15.1 Å². The Morgan fingerprint density at radius 3 is 2.48 bits per heavy atom. The predicted octanol–water partition coefficient (Wildman–Crippen LogP) is 1.06. The number of hydrogen-bond acceptors (Lipinski definition) is 6. The number of esters is 1. The zero-order valence-electron chi connectivity index (χ0n) is 13.1. The number of carbonyl (C=O) groups excluding carboxylic acids is 1. The molecule has 0 aliphatic carbocycles. The van der Waals surface area contributed by atoms with Crippen molar-refractivity contribution in [3.8, 4) is 0 Å². The molecule has 2 aromatic rings. The van der Waals surface area contributed by atoms with E-state index < -0.39 is 28.7 Å². The van der Waals surface area contributed by atoms with Crippen molar-refractivity contribution in [1.29, 1.82) is 0 Å². The summed E-state index contributed by atoms with van der Waals surface area (Å²) in [6.07, 6.45) is 0. The Labute approximate surface area is 134 Å². The highest BCUT2D eigenvalue weighted by Gasteiger charge is 2.35. The first-order valence-electron chi connectivity index (χ1n) is 6.82. The van der Waals surface area contributed by atoms with Crippen LogP contribution in [0.2, 0.25) is 0 Å². The van der Waals surface area contributed by atoms with E-state index >= 15 is 0 Å². The molecule has 0 fully saturated rings. The third-order valence-electron chi connectivity index (χ3n) is 3.52. The molecule has 0 radical (unpaired) electrons. The topological polar surface area (TPSA) is 118 Å². The third kappa shape index (κ3) is 2.56. The number of aryl methyl sites for hydroxylation is 1. The van der Waals surface area contributed by atoms with Crippen molar-refractivity contribution >= 4 is 33.5 Å². The molecular weight excluding hydrogens is 324 g/mol. The molecule has 0 aliphatic heterocycles. The molecule has 0 amide bonds. The van der Waals surface area contributed by atoms with Crippen LogP contribution in [0.25, 0.3) is 10.2 Å². The molecule has 0 saturated heterocycles. The first-order valence-corrected chi connectivity index (χ1v) is 7.64. The van der Waals surface area contributed by atoms with Gasteiger partial charge in [-0.1, -0.05) is 0 Å². The molecule has 23 heavy (non-hydrogen) atoms. The monoisotopic (exact) mass is 340 g/mol. The van der Waals surface area contributed by atoms with Crippen molar-refractivity contribution in [2.24, 2.45) is 0 Å². The maximum absolute atomic E-state index is 12.7. The summed E-state index contributed by atoms with van der Waals surface area (Å²) in [7, 11) is 0. The van der Waals surface area contributed by atoms with Crippen molar-refractivity contribution in [2.75, 3.05) is 6.61 Å². The van der Waals surface area contributed by atoms with Gasteiger partial charge in [0.25, 0.3) is 5.56 Å². The van der Waals surface area contributed by atoms with Gasteiger partial charge in [-0.15, -0.1) is 11.3 Å². The van der Waals surface area contributed by atoms with Crippen LogP contribution in [0.1, 0.15) is 36.0 Å². The van der Waals surface area contributed by atoms with Gasteiger partial charge in [-0.3, -0.25) is 9.78 Å². The van der Waals surface area contributed by atoms with E-state index in [2.05, 4.69) is 4.98 Å². The minimum absolute atomic E-state index is 0.0283. The zero-order chi connectivity index (χ0) is 17.5. The van der Waals surface area contributed by atoms with Gasteiger partial charge in [0.05, 0.1) is 12.0 Å². The van der Waals surface area contributed by atoms with Crippen molar-refractivity contribution in [3.05, 3.63) is 31.3 Å². The molecule has 2 aromatic heterocycles. The summed E-state index contributed by atoms with van der Waals surface area (Å²) < 4.78 is 5.68. The van der Waals surface area contributed by atoms with E-state index in [9.17, 15) is 19.2 Å². The van der Waals surface area contributed by atoms with Crippen LogP contribution in [0.15, 0.2) is 9.59 Å². The summed E-state index contributed by atoms with van der Waals surface area (Å²) in [6.45, 7) is 6.01. The first-order chi connectivity index (χ1) is 10.6. The Morgan fingerprint density at radius 1 is 1.35 bits per heavy atom. The molecule has 9 heteroatoms. The number of carbonyl (C=O) groups is 2. The molecule has 0 unspecified atom stereocenters. The minimum atomic E-state index is -1.52. The van der Waals surface area contributed by atoms with E-state index in [1.807, 2.05) is 0 Å². The van der Waals surface area contributed by atoms with Gasteiger partial charge in [-0.2, -0.15) is 0 Å².